The van der Waals surface area contributed by atoms with E-state index in [1.165, 1.54) is 0 Å². The predicted octanol–water partition coefficient (Wildman–Crippen LogP) is 2.20. The van der Waals surface area contributed by atoms with E-state index in [-0.39, 0.29) is 17.5 Å². The molecule has 34 heavy (non-hydrogen) atoms. The number of hydrogen-bond acceptors (Lipinski definition) is 5. The van der Waals surface area contributed by atoms with Crippen molar-refractivity contribution < 1.29 is 9.59 Å². The number of nitrogens with two attached hydrogens (primary N) is 1. The number of fused-ring (bicyclic) bond motifs is 1. The molecule has 172 valence electrons. The van der Waals surface area contributed by atoms with Gasteiger partial charge in [0.15, 0.2) is 5.69 Å². The molecule has 2 aromatic heterocycles. The molecule has 2 N–H and O–H groups in total. The number of amides is 2. The number of carbonyl (C=O) groups is 2. The molecule has 0 aliphatic carbocycles. The first-order chi connectivity index (χ1) is 16.5. The lowest BCUT2D eigenvalue weighted by Gasteiger charge is -2.16. The Labute approximate surface area is 198 Å². The number of rotatable bonds is 3. The van der Waals surface area contributed by atoms with Gasteiger partial charge in [-0.2, -0.15) is 5.10 Å². The average Bonchev–Trinajstić information content (AvgIpc) is 3.59. The summed E-state index contributed by atoms with van der Waals surface area (Å²) in [6.07, 6.45) is 12.7. The number of hydrogen-bond donors (Lipinski definition) is 1. The lowest BCUT2D eigenvalue weighted by molar-refractivity contribution is -0.128. The van der Waals surface area contributed by atoms with Crippen LogP contribution in [0.2, 0.25) is 0 Å². The normalized spacial score (nSPS) is 17.3. The highest BCUT2D eigenvalue weighted by Gasteiger charge is 2.27. The Morgan fingerprint density at radius 1 is 1.18 bits per heavy atom. The Kier molecular flexibility index (Phi) is 6.51. The summed E-state index contributed by atoms with van der Waals surface area (Å²) in [4.78, 5) is 32.6. The zero-order valence-electron chi connectivity index (χ0n) is 19.1. The highest BCUT2D eigenvalue weighted by Crippen LogP contribution is 2.27. The lowest BCUT2D eigenvalue weighted by Crippen LogP contribution is -2.21. The van der Waals surface area contributed by atoms with Gasteiger partial charge in [0.1, 0.15) is 11.7 Å². The van der Waals surface area contributed by atoms with Gasteiger partial charge in [0.05, 0.1) is 16.6 Å². The first-order valence-electron chi connectivity index (χ1n) is 11.1. The van der Waals surface area contributed by atoms with E-state index in [1.807, 2.05) is 30.3 Å². The Hall–Kier alpha value is -4.30. The van der Waals surface area contributed by atoms with Crippen LogP contribution in [0.1, 0.15) is 35.3 Å². The van der Waals surface area contributed by atoms with Gasteiger partial charge in [-0.15, -0.1) is 12.8 Å². The van der Waals surface area contributed by atoms with Crippen molar-refractivity contribution in [3.8, 4) is 30.4 Å². The second-order valence-corrected chi connectivity index (χ2v) is 8.30. The van der Waals surface area contributed by atoms with Gasteiger partial charge in [0.2, 0.25) is 5.91 Å². The van der Waals surface area contributed by atoms with Gasteiger partial charge in [-0.05, 0) is 37.5 Å². The molecule has 0 saturated carbocycles. The quantitative estimate of drug-likeness (QED) is 0.612. The number of primary amides is 1. The molecule has 2 saturated heterocycles. The van der Waals surface area contributed by atoms with Crippen molar-refractivity contribution in [3.05, 3.63) is 47.8 Å². The molecule has 1 atom stereocenters. The highest BCUT2D eigenvalue weighted by atomic mass is 16.2. The van der Waals surface area contributed by atoms with Crippen LogP contribution < -0.4 is 10.6 Å². The third-order valence-corrected chi connectivity index (χ3v) is 6.12. The van der Waals surface area contributed by atoms with Crippen LogP contribution >= 0.6 is 0 Å². The van der Waals surface area contributed by atoms with Crippen LogP contribution in [0.3, 0.4) is 0 Å². The van der Waals surface area contributed by atoms with Crippen molar-refractivity contribution in [2.75, 3.05) is 31.6 Å². The minimum Gasteiger partial charge on any atom is -0.364 e. The van der Waals surface area contributed by atoms with Gasteiger partial charge in [-0.25, -0.2) is 9.67 Å². The van der Waals surface area contributed by atoms with Crippen LogP contribution in [-0.2, 0) is 4.79 Å². The molecule has 4 heterocycles. The van der Waals surface area contributed by atoms with Gasteiger partial charge < -0.3 is 15.5 Å². The molecule has 2 fully saturated rings. The second kappa shape index (κ2) is 9.68. The SMILES string of the molecule is C#C.CN1CC[C@@H](C#Cc2cccc(-n3nc(C(N)=O)c4cnc(N5CCCC5)cc43)c2)C1=O. The van der Waals surface area contributed by atoms with E-state index in [2.05, 4.69) is 39.7 Å². The number of carbonyl (C=O) groups excluding carboxylic acids is 2. The van der Waals surface area contributed by atoms with Crippen LogP contribution in [0.15, 0.2) is 36.5 Å². The largest absolute Gasteiger partial charge is 0.364 e. The smallest absolute Gasteiger partial charge is 0.269 e. The lowest BCUT2D eigenvalue weighted by atomic mass is 10.1. The second-order valence-electron chi connectivity index (χ2n) is 8.30. The maximum Gasteiger partial charge on any atom is 0.269 e. The van der Waals surface area contributed by atoms with E-state index < -0.39 is 5.91 Å². The molecule has 5 rings (SSSR count). The van der Waals surface area contributed by atoms with Crippen molar-refractivity contribution >= 4 is 28.5 Å². The molecule has 1 aromatic carbocycles. The standard InChI is InChI=1S/C24H24N6O2.C2H2/c1-28-12-9-17(24(28)32)8-7-16-5-4-6-18(13-16)30-20-14-21(29-10-2-3-11-29)26-15-19(20)22(27-30)23(25)31;1-2/h4-6,13-15,17H,2-3,9-12H2,1H3,(H2,25,31);1-2H/t17-;/m1./s1. The summed E-state index contributed by atoms with van der Waals surface area (Å²) in [6, 6.07) is 9.57. The molecule has 0 spiro atoms. The molecule has 3 aromatic rings. The molecule has 0 bridgehead atoms. The maximum absolute atomic E-state index is 12.1. The van der Waals surface area contributed by atoms with Gasteiger partial charge in [0.25, 0.3) is 5.91 Å². The number of likely N-dealkylation sites (tertiary alicyclic amines) is 1. The van der Waals surface area contributed by atoms with E-state index >= 15 is 0 Å². The summed E-state index contributed by atoms with van der Waals surface area (Å²) < 4.78 is 1.72. The summed E-state index contributed by atoms with van der Waals surface area (Å²) in [5, 5.41) is 5.12. The number of benzene rings is 1. The molecule has 2 amide bonds. The van der Waals surface area contributed by atoms with Gasteiger partial charge in [-0.1, -0.05) is 17.9 Å². The summed E-state index contributed by atoms with van der Waals surface area (Å²) in [5.41, 5.74) is 8.10. The molecular formula is C26H26N6O2. The third kappa shape index (κ3) is 4.31. The Morgan fingerprint density at radius 2 is 1.94 bits per heavy atom. The predicted molar refractivity (Wildman–Crippen MR) is 131 cm³/mol. The Morgan fingerprint density at radius 3 is 2.62 bits per heavy atom. The van der Waals surface area contributed by atoms with Crippen molar-refractivity contribution in [1.29, 1.82) is 0 Å². The summed E-state index contributed by atoms with van der Waals surface area (Å²) in [5.74, 6) is 6.32. The molecule has 8 heteroatoms. The molecule has 2 aliphatic rings. The number of pyridine rings is 1. The van der Waals surface area contributed by atoms with E-state index in [0.29, 0.717) is 5.39 Å². The highest BCUT2D eigenvalue weighted by molar-refractivity contribution is 6.04. The Bertz CT molecular complexity index is 1320. The third-order valence-electron chi connectivity index (χ3n) is 6.12. The van der Waals surface area contributed by atoms with Gasteiger partial charge >= 0.3 is 0 Å². The van der Waals surface area contributed by atoms with Crippen molar-refractivity contribution in [3.63, 3.8) is 0 Å². The van der Waals surface area contributed by atoms with Crippen molar-refractivity contribution in [1.82, 2.24) is 19.7 Å². The number of nitrogens with zero attached hydrogens (tertiary/aromatic N) is 5. The molecule has 0 radical (unpaired) electrons. The van der Waals surface area contributed by atoms with E-state index in [1.54, 1.807) is 22.8 Å². The first-order valence-corrected chi connectivity index (χ1v) is 11.1. The number of terminal acetylenes is 1. The molecular weight excluding hydrogens is 428 g/mol. The molecule has 0 unspecified atom stereocenters. The minimum atomic E-state index is -0.593. The van der Waals surface area contributed by atoms with E-state index in [4.69, 9.17) is 5.73 Å². The first kappa shape index (κ1) is 22.9. The fraction of sp³-hybridized carbons (Fsp3) is 0.308. The van der Waals surface area contributed by atoms with Crippen LogP contribution in [-0.4, -0.2) is 58.2 Å². The zero-order chi connectivity index (χ0) is 24.2. The fourth-order valence-corrected chi connectivity index (χ4v) is 4.34. The zero-order valence-corrected chi connectivity index (χ0v) is 19.1. The summed E-state index contributed by atoms with van der Waals surface area (Å²) in [6.45, 7) is 2.67. The van der Waals surface area contributed by atoms with Crippen LogP contribution in [0.4, 0.5) is 5.82 Å². The Balaban J connectivity index is 0.00000133. The number of anilines is 1. The molecule has 8 nitrogen and oxygen atoms in total. The number of aromatic nitrogens is 3. The van der Waals surface area contributed by atoms with Crippen LogP contribution in [0.5, 0.6) is 0 Å². The van der Waals surface area contributed by atoms with Crippen LogP contribution in [0, 0.1) is 30.6 Å². The van der Waals surface area contributed by atoms with Crippen molar-refractivity contribution in [2.45, 2.75) is 19.3 Å². The van der Waals surface area contributed by atoms with Crippen LogP contribution in [0.25, 0.3) is 16.6 Å². The maximum atomic E-state index is 12.1. The minimum absolute atomic E-state index is 0.0692. The summed E-state index contributed by atoms with van der Waals surface area (Å²) >= 11 is 0. The van der Waals surface area contributed by atoms with Gasteiger partial charge in [-0.3, -0.25) is 9.59 Å². The van der Waals surface area contributed by atoms with E-state index in [0.717, 1.165) is 61.5 Å². The van der Waals surface area contributed by atoms with E-state index in [9.17, 15) is 9.59 Å². The summed E-state index contributed by atoms with van der Waals surface area (Å²) in [7, 11) is 1.80. The van der Waals surface area contributed by atoms with Gasteiger partial charge in [0, 0.05) is 44.5 Å². The topological polar surface area (TPSA) is 97.3 Å². The average molecular weight is 455 g/mol. The molecule has 2 aliphatic heterocycles. The fourth-order valence-electron chi connectivity index (χ4n) is 4.34. The van der Waals surface area contributed by atoms with Crippen molar-refractivity contribution in [2.24, 2.45) is 11.7 Å². The monoisotopic (exact) mass is 454 g/mol.